The highest BCUT2D eigenvalue weighted by Crippen LogP contribution is 2.60. The van der Waals surface area contributed by atoms with Gasteiger partial charge in [0.1, 0.15) is 11.6 Å². The van der Waals surface area contributed by atoms with Gasteiger partial charge in [-0.1, -0.05) is 35.9 Å². The molecular weight excluding hydrogens is 546 g/mol. The van der Waals surface area contributed by atoms with Crippen molar-refractivity contribution < 1.29 is 33.7 Å². The van der Waals surface area contributed by atoms with E-state index in [1.165, 1.54) is 4.90 Å². The van der Waals surface area contributed by atoms with Gasteiger partial charge in [-0.05, 0) is 19.3 Å². The zero-order valence-corrected chi connectivity index (χ0v) is 23.6. The molecule has 1 spiro atoms. The van der Waals surface area contributed by atoms with Gasteiger partial charge in [0, 0.05) is 37.6 Å². The predicted octanol–water partition coefficient (Wildman–Crippen LogP) is 0.661. The topological polar surface area (TPSA) is 109 Å². The molecule has 4 fully saturated rings. The number of rotatable bonds is 11. The molecule has 1 N–H and O–H groups in total. The molecule has 0 saturated carbocycles. The van der Waals surface area contributed by atoms with Crippen LogP contribution in [0.25, 0.3) is 0 Å². The SMILES string of the molecule is C=CCN(CCN1CCOCC1)C(=O)C1N([C@@H](CO)C(C)C)C(=O)[C@@H]2[C@H](C(=O)OCC)[C@H]3OC12CC3Br. The second-order valence-electron chi connectivity index (χ2n) is 10.7. The number of fused-ring (bicyclic) bond motifs is 1. The standard InChI is InChI=1S/C26H40BrN3O7/c1-5-7-29(9-8-28-10-12-35-13-11-28)24(33)22-26-14-17(27)21(37-26)19(25(34)36-6-2)20(26)23(32)30(22)18(15-31)16(3)4/h5,16-22,31H,1,6-15H2,2-4H3/t17?,18-,19-,20-,21-,22?,26?/m0/s1. The highest BCUT2D eigenvalue weighted by molar-refractivity contribution is 9.09. The van der Waals surface area contributed by atoms with Gasteiger partial charge in [0.15, 0.2) is 0 Å². The van der Waals surface area contributed by atoms with Gasteiger partial charge in [0.25, 0.3) is 0 Å². The molecule has 4 aliphatic heterocycles. The Labute approximate surface area is 227 Å². The van der Waals surface area contributed by atoms with Crippen LogP contribution in [0.15, 0.2) is 12.7 Å². The lowest BCUT2D eigenvalue weighted by Crippen LogP contribution is -2.60. The van der Waals surface area contributed by atoms with Crippen molar-refractivity contribution >= 4 is 33.7 Å². The summed E-state index contributed by atoms with van der Waals surface area (Å²) in [7, 11) is 0. The second kappa shape index (κ2) is 11.7. The monoisotopic (exact) mass is 585 g/mol. The van der Waals surface area contributed by atoms with Crippen LogP contribution < -0.4 is 0 Å². The molecule has 0 aromatic heterocycles. The van der Waals surface area contributed by atoms with Gasteiger partial charge in [-0.15, -0.1) is 6.58 Å². The molecule has 11 heteroatoms. The minimum Gasteiger partial charge on any atom is -0.466 e. The van der Waals surface area contributed by atoms with E-state index in [-0.39, 0.29) is 35.8 Å². The summed E-state index contributed by atoms with van der Waals surface area (Å²) < 4.78 is 17.3. The number of morpholine rings is 1. The van der Waals surface area contributed by atoms with Crippen molar-refractivity contribution in [3.63, 3.8) is 0 Å². The Morgan fingerprint density at radius 2 is 2.05 bits per heavy atom. The van der Waals surface area contributed by atoms with Crippen LogP contribution in [0.5, 0.6) is 0 Å². The third-order valence-corrected chi connectivity index (χ3v) is 9.13. The van der Waals surface area contributed by atoms with Gasteiger partial charge in [-0.3, -0.25) is 19.3 Å². The van der Waals surface area contributed by atoms with E-state index in [4.69, 9.17) is 14.2 Å². The molecule has 0 aliphatic carbocycles. The van der Waals surface area contributed by atoms with E-state index in [0.717, 1.165) is 13.1 Å². The molecule has 3 unspecified atom stereocenters. The van der Waals surface area contributed by atoms with Crippen molar-refractivity contribution in [2.45, 2.75) is 55.8 Å². The lowest BCUT2D eigenvalue weighted by atomic mass is 9.70. The van der Waals surface area contributed by atoms with Crippen LogP contribution >= 0.6 is 15.9 Å². The Morgan fingerprint density at radius 3 is 2.65 bits per heavy atom. The largest absolute Gasteiger partial charge is 0.466 e. The fourth-order valence-corrected chi connectivity index (χ4v) is 7.48. The number of amides is 2. The van der Waals surface area contributed by atoms with E-state index < -0.39 is 41.6 Å². The van der Waals surface area contributed by atoms with E-state index >= 15 is 0 Å². The fourth-order valence-electron chi connectivity index (χ4n) is 6.54. The van der Waals surface area contributed by atoms with Crippen molar-refractivity contribution in [3.05, 3.63) is 12.7 Å². The Hall–Kier alpha value is -1.53. The number of esters is 1. The number of halogens is 1. The first-order valence-corrected chi connectivity index (χ1v) is 14.2. The van der Waals surface area contributed by atoms with Crippen molar-refractivity contribution in [2.75, 3.05) is 59.2 Å². The quantitative estimate of drug-likeness (QED) is 0.214. The van der Waals surface area contributed by atoms with E-state index in [1.807, 2.05) is 13.8 Å². The van der Waals surface area contributed by atoms with Crippen LogP contribution in [0.2, 0.25) is 0 Å². The molecule has 2 bridgehead atoms. The summed E-state index contributed by atoms with van der Waals surface area (Å²) in [6, 6.07) is -1.55. The molecule has 10 nitrogen and oxygen atoms in total. The molecule has 4 aliphatic rings. The van der Waals surface area contributed by atoms with Gasteiger partial charge < -0.3 is 29.1 Å². The molecule has 208 valence electrons. The number of alkyl halides is 1. The number of likely N-dealkylation sites (tertiary alicyclic amines) is 1. The van der Waals surface area contributed by atoms with E-state index in [9.17, 15) is 19.5 Å². The van der Waals surface area contributed by atoms with Crippen LogP contribution in [-0.4, -0.2) is 125 Å². The zero-order chi connectivity index (χ0) is 26.9. The summed E-state index contributed by atoms with van der Waals surface area (Å²) in [6.07, 6.45) is 1.54. The van der Waals surface area contributed by atoms with Gasteiger partial charge >= 0.3 is 5.97 Å². The molecule has 4 rings (SSSR count). The third kappa shape index (κ3) is 4.97. The molecule has 4 saturated heterocycles. The molecule has 0 aromatic carbocycles. The zero-order valence-electron chi connectivity index (χ0n) is 22.0. The highest BCUT2D eigenvalue weighted by atomic mass is 79.9. The van der Waals surface area contributed by atoms with Crippen molar-refractivity contribution in [1.29, 1.82) is 0 Å². The summed E-state index contributed by atoms with van der Waals surface area (Å²) in [5.41, 5.74) is -1.18. The molecule has 7 atom stereocenters. The van der Waals surface area contributed by atoms with Crippen molar-refractivity contribution in [3.8, 4) is 0 Å². The van der Waals surface area contributed by atoms with Gasteiger partial charge in [0.05, 0.1) is 50.4 Å². The maximum absolute atomic E-state index is 14.4. The Balaban J connectivity index is 1.71. The number of nitrogens with zero attached hydrogens (tertiary/aromatic N) is 3. The average Bonchev–Trinajstić information content (AvgIpc) is 3.46. The van der Waals surface area contributed by atoms with E-state index in [0.29, 0.717) is 39.3 Å². The van der Waals surface area contributed by atoms with E-state index in [1.54, 1.807) is 17.9 Å². The van der Waals surface area contributed by atoms with Crippen LogP contribution in [0.4, 0.5) is 0 Å². The molecule has 37 heavy (non-hydrogen) atoms. The molecular formula is C26H40BrN3O7. The number of carbonyl (C=O) groups excluding carboxylic acids is 3. The Morgan fingerprint density at radius 1 is 1.35 bits per heavy atom. The molecule has 0 radical (unpaired) electrons. The first-order valence-electron chi connectivity index (χ1n) is 13.3. The average molecular weight is 587 g/mol. The summed E-state index contributed by atoms with van der Waals surface area (Å²) in [5.74, 6) is -2.80. The molecule has 2 amide bonds. The summed E-state index contributed by atoms with van der Waals surface area (Å²) in [4.78, 5) is 46.9. The van der Waals surface area contributed by atoms with Gasteiger partial charge in [-0.25, -0.2) is 0 Å². The number of hydrogen-bond acceptors (Lipinski definition) is 8. The van der Waals surface area contributed by atoms with Crippen molar-refractivity contribution in [2.24, 2.45) is 17.8 Å². The fraction of sp³-hybridized carbons (Fsp3) is 0.808. The smallest absolute Gasteiger partial charge is 0.312 e. The van der Waals surface area contributed by atoms with Gasteiger partial charge in [-0.2, -0.15) is 0 Å². The Kier molecular flexibility index (Phi) is 9.00. The second-order valence-corrected chi connectivity index (χ2v) is 11.9. The predicted molar refractivity (Wildman–Crippen MR) is 139 cm³/mol. The molecule has 0 aromatic rings. The number of carbonyl (C=O) groups is 3. The van der Waals surface area contributed by atoms with Crippen LogP contribution in [-0.2, 0) is 28.6 Å². The van der Waals surface area contributed by atoms with Crippen LogP contribution in [0.1, 0.15) is 27.2 Å². The summed E-state index contributed by atoms with van der Waals surface area (Å²) in [5, 5.41) is 10.3. The number of ether oxygens (including phenoxy) is 3. The van der Waals surface area contributed by atoms with E-state index in [2.05, 4.69) is 27.4 Å². The first kappa shape index (κ1) is 28.5. The lowest BCUT2D eigenvalue weighted by molar-refractivity contribution is -0.156. The molecule has 4 heterocycles. The van der Waals surface area contributed by atoms with Crippen molar-refractivity contribution in [1.82, 2.24) is 14.7 Å². The minimum absolute atomic E-state index is 0.112. The lowest BCUT2D eigenvalue weighted by Gasteiger charge is -2.41. The summed E-state index contributed by atoms with van der Waals surface area (Å²) in [6.45, 7) is 13.7. The first-order chi connectivity index (χ1) is 17.7. The number of hydrogen-bond donors (Lipinski definition) is 1. The highest BCUT2D eigenvalue weighted by Gasteiger charge is 2.77. The third-order valence-electron chi connectivity index (χ3n) is 8.28. The normalized spacial score (nSPS) is 34.1. The number of aliphatic hydroxyl groups excluding tert-OH is 1. The summed E-state index contributed by atoms with van der Waals surface area (Å²) >= 11 is 3.67. The number of aliphatic hydroxyl groups is 1. The Bertz CT molecular complexity index is 882. The maximum Gasteiger partial charge on any atom is 0.312 e. The maximum atomic E-state index is 14.4. The van der Waals surface area contributed by atoms with Crippen LogP contribution in [0, 0.1) is 17.8 Å². The van der Waals surface area contributed by atoms with Gasteiger partial charge in [0.2, 0.25) is 11.8 Å². The minimum atomic E-state index is -1.18. The van der Waals surface area contributed by atoms with Crippen LogP contribution in [0.3, 0.4) is 0 Å².